The third-order valence-electron chi connectivity index (χ3n) is 1.42. The molecule has 0 atom stereocenters. The summed E-state index contributed by atoms with van der Waals surface area (Å²) in [7, 11) is 1.60. The van der Waals surface area contributed by atoms with Gasteiger partial charge in [-0.25, -0.2) is 4.79 Å². The van der Waals surface area contributed by atoms with Gasteiger partial charge in [-0.1, -0.05) is 12.2 Å². The second-order valence-corrected chi connectivity index (χ2v) is 3.48. The molecule has 0 aliphatic carbocycles. The fourth-order valence-corrected chi connectivity index (χ4v) is 1.01. The van der Waals surface area contributed by atoms with Crippen LogP contribution in [0.1, 0.15) is 13.3 Å². The first-order chi connectivity index (χ1) is 6.47. The summed E-state index contributed by atoms with van der Waals surface area (Å²) in [4.78, 5) is 23.6. The highest BCUT2D eigenvalue weighted by molar-refractivity contribution is 6.19. The Hall–Kier alpha value is -1.03. The molecule has 0 aromatic rings. The molecular formula is C9H15ClN2O2. The van der Waals surface area contributed by atoms with Gasteiger partial charge in [0.25, 0.3) is 0 Å². The quantitative estimate of drug-likeness (QED) is 0.572. The SMILES string of the molecule is C=C(C)CN(C)C(=O)NC(=O)CCCl. The molecule has 0 aliphatic rings. The Bertz CT molecular complexity index is 241. The van der Waals surface area contributed by atoms with Crippen molar-refractivity contribution >= 4 is 23.5 Å². The predicted octanol–water partition coefficient (Wildman–Crippen LogP) is 1.36. The van der Waals surface area contributed by atoms with Crippen LogP contribution in [0.25, 0.3) is 0 Å². The Balaban J connectivity index is 3.95. The molecule has 0 radical (unpaired) electrons. The Morgan fingerprint density at radius 1 is 1.50 bits per heavy atom. The molecule has 0 aliphatic heterocycles. The second kappa shape index (κ2) is 6.43. The van der Waals surface area contributed by atoms with Gasteiger partial charge in [-0.05, 0) is 6.92 Å². The van der Waals surface area contributed by atoms with Gasteiger partial charge in [0.15, 0.2) is 0 Å². The number of nitrogens with zero attached hydrogens (tertiary/aromatic N) is 1. The first kappa shape index (κ1) is 13.0. The molecule has 0 unspecified atom stereocenters. The van der Waals surface area contributed by atoms with Crippen LogP contribution in [-0.2, 0) is 4.79 Å². The number of halogens is 1. The monoisotopic (exact) mass is 218 g/mol. The van der Waals surface area contributed by atoms with Crippen molar-refractivity contribution < 1.29 is 9.59 Å². The number of carbonyl (C=O) groups excluding carboxylic acids is 2. The van der Waals surface area contributed by atoms with Crippen LogP contribution in [0.3, 0.4) is 0 Å². The van der Waals surface area contributed by atoms with Crippen molar-refractivity contribution in [2.24, 2.45) is 0 Å². The van der Waals surface area contributed by atoms with Gasteiger partial charge in [0.2, 0.25) is 5.91 Å². The molecule has 4 nitrogen and oxygen atoms in total. The largest absolute Gasteiger partial charge is 0.324 e. The van der Waals surface area contributed by atoms with Crippen molar-refractivity contribution in [1.82, 2.24) is 10.2 Å². The van der Waals surface area contributed by atoms with Crippen molar-refractivity contribution in [2.75, 3.05) is 19.5 Å². The topological polar surface area (TPSA) is 49.4 Å². The van der Waals surface area contributed by atoms with Crippen molar-refractivity contribution in [2.45, 2.75) is 13.3 Å². The van der Waals surface area contributed by atoms with Gasteiger partial charge in [0, 0.05) is 25.9 Å². The van der Waals surface area contributed by atoms with E-state index in [2.05, 4.69) is 11.9 Å². The van der Waals surface area contributed by atoms with Crippen LogP contribution in [-0.4, -0.2) is 36.3 Å². The molecule has 3 amide bonds. The maximum Gasteiger partial charge on any atom is 0.324 e. The van der Waals surface area contributed by atoms with Crippen LogP contribution >= 0.6 is 11.6 Å². The average Bonchev–Trinajstić information content (AvgIpc) is 2.02. The summed E-state index contributed by atoms with van der Waals surface area (Å²) in [5.41, 5.74) is 0.854. The first-order valence-corrected chi connectivity index (χ1v) is 4.76. The molecule has 0 fully saturated rings. The van der Waals surface area contributed by atoms with Crippen LogP contribution in [0.15, 0.2) is 12.2 Å². The molecule has 0 aromatic heterocycles. The minimum atomic E-state index is -0.428. The van der Waals surface area contributed by atoms with Gasteiger partial charge < -0.3 is 4.90 Å². The summed E-state index contributed by atoms with van der Waals surface area (Å²) in [6, 6.07) is -0.428. The van der Waals surface area contributed by atoms with Gasteiger partial charge in [0.05, 0.1) is 0 Å². The molecule has 0 saturated heterocycles. The minimum Gasteiger partial charge on any atom is -0.324 e. The van der Waals surface area contributed by atoms with Crippen LogP contribution < -0.4 is 5.32 Å². The fraction of sp³-hybridized carbons (Fsp3) is 0.556. The number of amides is 3. The molecule has 0 spiro atoms. The number of imide groups is 1. The van der Waals surface area contributed by atoms with Crippen LogP contribution in [0.4, 0.5) is 4.79 Å². The standard InChI is InChI=1S/C9H15ClN2O2/c1-7(2)6-12(3)9(14)11-8(13)4-5-10/h1,4-6H2,2-3H3,(H,11,13,14). The van der Waals surface area contributed by atoms with Crippen molar-refractivity contribution in [3.8, 4) is 0 Å². The smallest absolute Gasteiger partial charge is 0.324 e. The lowest BCUT2D eigenvalue weighted by atomic mass is 10.3. The lowest BCUT2D eigenvalue weighted by Gasteiger charge is -2.16. The van der Waals surface area contributed by atoms with E-state index < -0.39 is 6.03 Å². The number of hydrogen-bond donors (Lipinski definition) is 1. The Kier molecular flexibility index (Phi) is 5.95. The Morgan fingerprint density at radius 2 is 2.07 bits per heavy atom. The molecule has 0 aromatic carbocycles. The molecule has 80 valence electrons. The fourth-order valence-electron chi connectivity index (χ4n) is 0.840. The summed E-state index contributed by atoms with van der Waals surface area (Å²) in [5, 5.41) is 2.21. The molecular weight excluding hydrogens is 204 g/mol. The number of likely N-dealkylation sites (N-methyl/N-ethyl adjacent to an activating group) is 1. The zero-order valence-electron chi connectivity index (χ0n) is 8.47. The zero-order chi connectivity index (χ0) is 11.1. The number of hydrogen-bond acceptors (Lipinski definition) is 2. The third-order valence-corrected chi connectivity index (χ3v) is 1.61. The number of urea groups is 1. The molecule has 5 heteroatoms. The number of rotatable bonds is 4. The van der Waals surface area contributed by atoms with E-state index in [0.717, 1.165) is 5.57 Å². The Morgan fingerprint density at radius 3 is 2.50 bits per heavy atom. The van der Waals surface area contributed by atoms with E-state index >= 15 is 0 Å². The van der Waals surface area contributed by atoms with Gasteiger partial charge in [-0.3, -0.25) is 10.1 Å². The van der Waals surface area contributed by atoms with E-state index in [1.54, 1.807) is 7.05 Å². The molecule has 14 heavy (non-hydrogen) atoms. The predicted molar refractivity (Wildman–Crippen MR) is 56.3 cm³/mol. The number of alkyl halides is 1. The van der Waals surface area contributed by atoms with E-state index in [1.807, 2.05) is 6.92 Å². The summed E-state index contributed by atoms with van der Waals surface area (Å²) in [6.07, 6.45) is 0.147. The second-order valence-electron chi connectivity index (χ2n) is 3.11. The maximum atomic E-state index is 11.3. The van der Waals surface area contributed by atoms with Crippen LogP contribution in [0, 0.1) is 0 Å². The molecule has 0 heterocycles. The highest BCUT2D eigenvalue weighted by Crippen LogP contribution is 1.93. The number of nitrogens with one attached hydrogen (secondary N) is 1. The van der Waals surface area contributed by atoms with Gasteiger partial charge in [0.1, 0.15) is 0 Å². The normalized spacial score (nSPS) is 9.36. The van der Waals surface area contributed by atoms with Gasteiger partial charge in [-0.15, -0.1) is 11.6 Å². The van der Waals surface area contributed by atoms with E-state index in [1.165, 1.54) is 4.90 Å². The Labute approximate surface area is 88.9 Å². The van der Waals surface area contributed by atoms with E-state index in [-0.39, 0.29) is 18.2 Å². The molecule has 0 rings (SSSR count). The summed E-state index contributed by atoms with van der Waals surface area (Å²) in [5.74, 6) is -0.151. The van der Waals surface area contributed by atoms with Crippen molar-refractivity contribution in [3.05, 3.63) is 12.2 Å². The summed E-state index contributed by atoms with van der Waals surface area (Å²) >= 11 is 5.34. The molecule has 1 N–H and O–H groups in total. The lowest BCUT2D eigenvalue weighted by molar-refractivity contribution is -0.119. The van der Waals surface area contributed by atoms with E-state index in [0.29, 0.717) is 6.54 Å². The highest BCUT2D eigenvalue weighted by atomic mass is 35.5. The third kappa shape index (κ3) is 5.59. The minimum absolute atomic E-state index is 0.147. The highest BCUT2D eigenvalue weighted by Gasteiger charge is 2.11. The lowest BCUT2D eigenvalue weighted by Crippen LogP contribution is -2.41. The van der Waals surface area contributed by atoms with E-state index in [9.17, 15) is 9.59 Å². The summed E-state index contributed by atoms with van der Waals surface area (Å²) in [6.45, 7) is 5.91. The zero-order valence-corrected chi connectivity index (χ0v) is 9.23. The van der Waals surface area contributed by atoms with Gasteiger partial charge in [-0.2, -0.15) is 0 Å². The molecule has 0 saturated carbocycles. The van der Waals surface area contributed by atoms with Crippen molar-refractivity contribution in [1.29, 1.82) is 0 Å². The molecule has 0 bridgehead atoms. The van der Waals surface area contributed by atoms with Crippen LogP contribution in [0.5, 0.6) is 0 Å². The summed E-state index contributed by atoms with van der Waals surface area (Å²) < 4.78 is 0. The van der Waals surface area contributed by atoms with Crippen LogP contribution in [0.2, 0.25) is 0 Å². The van der Waals surface area contributed by atoms with Gasteiger partial charge >= 0.3 is 6.03 Å². The van der Waals surface area contributed by atoms with Crippen molar-refractivity contribution in [3.63, 3.8) is 0 Å². The first-order valence-electron chi connectivity index (χ1n) is 4.22. The number of carbonyl (C=O) groups is 2. The van der Waals surface area contributed by atoms with E-state index in [4.69, 9.17) is 11.6 Å². The average molecular weight is 219 g/mol. The maximum absolute atomic E-state index is 11.3.